The fourth-order valence-electron chi connectivity index (χ4n) is 1.15. The highest BCUT2D eigenvalue weighted by Crippen LogP contribution is 1.96. The first kappa shape index (κ1) is 13.3. The second kappa shape index (κ2) is 6.78. The third-order valence-corrected chi connectivity index (χ3v) is 2.03. The number of hydrogen-bond acceptors (Lipinski definition) is 5. The molecular weight excluding hydrogens is 220 g/mol. The lowest BCUT2D eigenvalue weighted by Gasteiger charge is -2.06. The molecule has 1 aromatic rings. The van der Waals surface area contributed by atoms with E-state index >= 15 is 0 Å². The topological polar surface area (TPSA) is 81.4 Å². The lowest BCUT2D eigenvalue weighted by atomic mass is 10.2. The summed E-state index contributed by atoms with van der Waals surface area (Å²) in [7, 11) is 0. The van der Waals surface area contributed by atoms with Crippen molar-refractivity contribution in [2.75, 3.05) is 6.54 Å². The van der Waals surface area contributed by atoms with Gasteiger partial charge in [0.05, 0.1) is 6.54 Å². The predicted octanol–water partition coefficient (Wildman–Crippen LogP) is 0.193. The van der Waals surface area contributed by atoms with Gasteiger partial charge in [0.25, 0.3) is 0 Å². The Morgan fingerprint density at radius 1 is 1.35 bits per heavy atom. The SMILES string of the molecule is C[C@H](N)C(=O)OC(=O)CNCc1ccccc1. The second-order valence-electron chi connectivity index (χ2n) is 3.67. The molecule has 92 valence electrons. The van der Waals surface area contributed by atoms with Gasteiger partial charge in [0.15, 0.2) is 0 Å². The Bertz CT molecular complexity index is 377. The van der Waals surface area contributed by atoms with Crippen LogP contribution in [0.4, 0.5) is 0 Å². The van der Waals surface area contributed by atoms with Gasteiger partial charge in [-0.2, -0.15) is 0 Å². The highest BCUT2D eigenvalue weighted by molar-refractivity contribution is 5.88. The van der Waals surface area contributed by atoms with Gasteiger partial charge in [0, 0.05) is 6.54 Å². The number of esters is 2. The molecule has 0 aromatic heterocycles. The molecule has 3 N–H and O–H groups in total. The van der Waals surface area contributed by atoms with Gasteiger partial charge in [-0.15, -0.1) is 0 Å². The minimum absolute atomic E-state index is 0.0205. The summed E-state index contributed by atoms with van der Waals surface area (Å²) in [5.74, 6) is -1.33. The van der Waals surface area contributed by atoms with Crippen LogP contribution in [0.15, 0.2) is 30.3 Å². The zero-order chi connectivity index (χ0) is 12.7. The zero-order valence-electron chi connectivity index (χ0n) is 9.68. The van der Waals surface area contributed by atoms with Crippen LogP contribution in [0.25, 0.3) is 0 Å². The zero-order valence-corrected chi connectivity index (χ0v) is 9.68. The number of nitrogens with one attached hydrogen (secondary N) is 1. The monoisotopic (exact) mass is 236 g/mol. The summed E-state index contributed by atoms with van der Waals surface area (Å²) in [5, 5.41) is 2.88. The molecule has 5 heteroatoms. The van der Waals surface area contributed by atoms with Crippen molar-refractivity contribution in [2.45, 2.75) is 19.5 Å². The Morgan fingerprint density at radius 2 is 2.00 bits per heavy atom. The highest BCUT2D eigenvalue weighted by atomic mass is 16.6. The van der Waals surface area contributed by atoms with E-state index in [1.165, 1.54) is 6.92 Å². The maximum absolute atomic E-state index is 11.2. The Kier molecular flexibility index (Phi) is 5.32. The molecular formula is C12H16N2O3. The fourth-order valence-corrected chi connectivity index (χ4v) is 1.15. The molecule has 0 unspecified atom stereocenters. The van der Waals surface area contributed by atoms with E-state index in [2.05, 4.69) is 10.1 Å². The quantitative estimate of drug-likeness (QED) is 0.563. The molecule has 0 heterocycles. The smallest absolute Gasteiger partial charge is 0.330 e. The summed E-state index contributed by atoms with van der Waals surface area (Å²) < 4.78 is 4.48. The molecule has 5 nitrogen and oxygen atoms in total. The van der Waals surface area contributed by atoms with Gasteiger partial charge >= 0.3 is 11.9 Å². The van der Waals surface area contributed by atoms with Crippen molar-refractivity contribution in [3.8, 4) is 0 Å². The first-order valence-corrected chi connectivity index (χ1v) is 5.34. The van der Waals surface area contributed by atoms with Crippen LogP contribution in [0.5, 0.6) is 0 Å². The molecule has 0 fully saturated rings. The minimum Gasteiger partial charge on any atom is -0.391 e. The van der Waals surface area contributed by atoms with Gasteiger partial charge in [0.2, 0.25) is 0 Å². The molecule has 0 saturated carbocycles. The second-order valence-corrected chi connectivity index (χ2v) is 3.67. The Morgan fingerprint density at radius 3 is 2.59 bits per heavy atom. The Hall–Kier alpha value is -1.72. The molecule has 0 aliphatic heterocycles. The molecule has 0 aliphatic rings. The molecule has 0 aliphatic carbocycles. The Balaban J connectivity index is 2.23. The van der Waals surface area contributed by atoms with Crippen molar-refractivity contribution in [2.24, 2.45) is 5.73 Å². The van der Waals surface area contributed by atoms with Crippen LogP contribution in [-0.2, 0) is 20.9 Å². The normalized spacial score (nSPS) is 11.9. The van der Waals surface area contributed by atoms with E-state index in [9.17, 15) is 9.59 Å². The van der Waals surface area contributed by atoms with E-state index in [1.807, 2.05) is 30.3 Å². The molecule has 0 amide bonds. The fraction of sp³-hybridized carbons (Fsp3) is 0.333. The van der Waals surface area contributed by atoms with E-state index < -0.39 is 18.0 Å². The standard InChI is InChI=1S/C12H16N2O3/c1-9(13)12(16)17-11(15)8-14-7-10-5-3-2-4-6-10/h2-6,9,14H,7-8,13H2,1H3/t9-/m0/s1. The third-order valence-electron chi connectivity index (χ3n) is 2.03. The van der Waals surface area contributed by atoms with Gasteiger partial charge in [-0.1, -0.05) is 30.3 Å². The molecule has 0 saturated heterocycles. The van der Waals surface area contributed by atoms with Gasteiger partial charge in [-0.25, -0.2) is 4.79 Å². The molecule has 0 bridgehead atoms. The molecule has 1 aromatic carbocycles. The number of carbonyl (C=O) groups is 2. The summed E-state index contributed by atoms with van der Waals surface area (Å²) in [6, 6.07) is 8.83. The van der Waals surface area contributed by atoms with E-state index in [0.717, 1.165) is 5.56 Å². The average molecular weight is 236 g/mol. The average Bonchev–Trinajstić information content (AvgIpc) is 2.30. The van der Waals surface area contributed by atoms with Crippen LogP contribution >= 0.6 is 0 Å². The molecule has 0 radical (unpaired) electrons. The molecule has 0 spiro atoms. The summed E-state index contributed by atoms with van der Waals surface area (Å²) in [5.41, 5.74) is 6.31. The number of carbonyl (C=O) groups excluding carboxylic acids is 2. The van der Waals surface area contributed by atoms with Crippen molar-refractivity contribution < 1.29 is 14.3 Å². The number of hydrogen-bond donors (Lipinski definition) is 2. The number of nitrogens with two attached hydrogens (primary N) is 1. The van der Waals surface area contributed by atoms with Crippen molar-refractivity contribution in [1.82, 2.24) is 5.32 Å². The first-order chi connectivity index (χ1) is 8.09. The van der Waals surface area contributed by atoms with E-state index in [1.54, 1.807) is 0 Å². The van der Waals surface area contributed by atoms with E-state index in [-0.39, 0.29) is 6.54 Å². The van der Waals surface area contributed by atoms with E-state index in [4.69, 9.17) is 5.73 Å². The summed E-state index contributed by atoms with van der Waals surface area (Å²) in [4.78, 5) is 22.2. The van der Waals surface area contributed by atoms with Crippen molar-refractivity contribution in [1.29, 1.82) is 0 Å². The van der Waals surface area contributed by atoms with Gasteiger partial charge < -0.3 is 15.8 Å². The van der Waals surface area contributed by atoms with Gasteiger partial charge in [-0.3, -0.25) is 4.79 Å². The summed E-state index contributed by atoms with van der Waals surface area (Å²) in [6.07, 6.45) is 0. The van der Waals surface area contributed by atoms with Crippen LogP contribution in [0, 0.1) is 0 Å². The van der Waals surface area contributed by atoms with Gasteiger partial charge in [0.1, 0.15) is 6.04 Å². The van der Waals surface area contributed by atoms with Crippen LogP contribution in [0.1, 0.15) is 12.5 Å². The first-order valence-electron chi connectivity index (χ1n) is 5.34. The highest BCUT2D eigenvalue weighted by Gasteiger charge is 2.13. The lowest BCUT2D eigenvalue weighted by Crippen LogP contribution is -2.34. The van der Waals surface area contributed by atoms with Crippen LogP contribution in [0.2, 0.25) is 0 Å². The maximum Gasteiger partial charge on any atom is 0.330 e. The number of ether oxygens (including phenoxy) is 1. The molecule has 1 rings (SSSR count). The van der Waals surface area contributed by atoms with Crippen molar-refractivity contribution >= 4 is 11.9 Å². The largest absolute Gasteiger partial charge is 0.391 e. The number of benzene rings is 1. The maximum atomic E-state index is 11.2. The molecule has 1 atom stereocenters. The number of rotatable bonds is 5. The molecule has 17 heavy (non-hydrogen) atoms. The van der Waals surface area contributed by atoms with Crippen LogP contribution in [0.3, 0.4) is 0 Å². The van der Waals surface area contributed by atoms with Crippen molar-refractivity contribution in [3.63, 3.8) is 0 Å². The van der Waals surface area contributed by atoms with E-state index in [0.29, 0.717) is 6.54 Å². The van der Waals surface area contributed by atoms with Gasteiger partial charge in [-0.05, 0) is 12.5 Å². The van der Waals surface area contributed by atoms with Crippen molar-refractivity contribution in [3.05, 3.63) is 35.9 Å². The summed E-state index contributed by atoms with van der Waals surface area (Å²) in [6.45, 7) is 1.99. The lowest BCUT2D eigenvalue weighted by molar-refractivity contribution is -0.159. The summed E-state index contributed by atoms with van der Waals surface area (Å²) >= 11 is 0. The minimum atomic E-state index is -0.784. The third kappa shape index (κ3) is 5.24. The Labute approximate surface area is 99.9 Å². The predicted molar refractivity (Wildman–Crippen MR) is 62.9 cm³/mol. The van der Waals surface area contributed by atoms with Crippen LogP contribution < -0.4 is 11.1 Å². The van der Waals surface area contributed by atoms with Crippen LogP contribution in [-0.4, -0.2) is 24.5 Å².